The molecule has 5 nitrogen and oxygen atoms in total. The number of hydrogen-bond acceptors (Lipinski definition) is 5. The maximum atomic E-state index is 13.7. The Kier molecular flexibility index (Phi) is 5.00. The van der Waals surface area contributed by atoms with Crippen molar-refractivity contribution in [2.45, 2.75) is 25.3 Å². The highest BCUT2D eigenvalue weighted by Crippen LogP contribution is 2.35. The third-order valence-electron chi connectivity index (χ3n) is 6.19. The Morgan fingerprint density at radius 2 is 1.88 bits per heavy atom. The highest BCUT2D eigenvalue weighted by atomic mass is 32.1. The Morgan fingerprint density at radius 1 is 1.03 bits per heavy atom. The summed E-state index contributed by atoms with van der Waals surface area (Å²) in [6.45, 7) is 0. The fourth-order valence-corrected chi connectivity index (χ4v) is 5.30. The number of nitrogens with one attached hydrogen (secondary N) is 1. The van der Waals surface area contributed by atoms with E-state index in [9.17, 15) is 4.79 Å². The molecule has 0 spiro atoms. The summed E-state index contributed by atoms with van der Waals surface area (Å²) in [5.74, 6) is -0.137. The molecule has 1 amide bonds. The van der Waals surface area contributed by atoms with Crippen molar-refractivity contribution in [1.29, 1.82) is 0 Å². The Bertz CT molecular complexity index is 1440. The minimum atomic E-state index is -0.137. The van der Waals surface area contributed by atoms with Crippen LogP contribution in [0.2, 0.25) is 0 Å². The molecule has 6 rings (SSSR count). The number of rotatable bonds is 4. The van der Waals surface area contributed by atoms with Gasteiger partial charge in [-0.1, -0.05) is 65.8 Å². The Balaban J connectivity index is 1.47. The number of hydrogen-bond donors (Lipinski definition) is 1. The third-order valence-corrected chi connectivity index (χ3v) is 7.08. The normalized spacial score (nSPS) is 15.3. The number of carbonyl (C=O) groups is 1. The first kappa shape index (κ1) is 19.9. The molecule has 5 aromatic rings. The molecule has 2 aromatic carbocycles. The molecule has 0 aliphatic heterocycles. The lowest BCUT2D eigenvalue weighted by Gasteiger charge is -2.26. The average Bonchev–Trinajstić information content (AvgIpc) is 3.55. The average molecular weight is 452 g/mol. The topological polar surface area (TPSA) is 68.0 Å². The van der Waals surface area contributed by atoms with Crippen LogP contribution in [0.1, 0.15) is 40.4 Å². The maximum absolute atomic E-state index is 13.7. The van der Waals surface area contributed by atoms with Gasteiger partial charge in [0.05, 0.1) is 27.6 Å². The summed E-state index contributed by atoms with van der Waals surface area (Å²) in [5, 5.41) is 10.2. The standard InChI is InChI=1S/C27H21N3O2S/c31-26(28-21-13-6-11-17-8-4-5-12-19(17)21)20-16-22(23-14-7-15-33-23)29-27-24(20)25(30-32-27)18-9-2-1-3-10-18/h1-5,7-10,12,14-16,21H,6,11,13H2,(H,28,31)/t21-/m1/s1. The van der Waals surface area contributed by atoms with E-state index in [2.05, 4.69) is 28.7 Å². The molecule has 0 unspecified atom stereocenters. The number of aryl methyl sites for hydroxylation is 1. The van der Waals surface area contributed by atoms with Gasteiger partial charge in [-0.3, -0.25) is 4.79 Å². The summed E-state index contributed by atoms with van der Waals surface area (Å²) in [5.41, 5.74) is 5.64. The molecule has 33 heavy (non-hydrogen) atoms. The van der Waals surface area contributed by atoms with Crippen molar-refractivity contribution in [3.63, 3.8) is 0 Å². The van der Waals surface area contributed by atoms with Gasteiger partial charge in [0.25, 0.3) is 11.6 Å². The van der Waals surface area contributed by atoms with Crippen LogP contribution in [0, 0.1) is 0 Å². The molecule has 0 saturated heterocycles. The van der Waals surface area contributed by atoms with Gasteiger partial charge in [0, 0.05) is 5.56 Å². The summed E-state index contributed by atoms with van der Waals surface area (Å²) in [6.07, 6.45) is 3.02. The molecule has 0 fully saturated rings. The number of carbonyl (C=O) groups excluding carboxylic acids is 1. The zero-order valence-electron chi connectivity index (χ0n) is 17.8. The van der Waals surface area contributed by atoms with Crippen molar-refractivity contribution in [2.24, 2.45) is 0 Å². The minimum Gasteiger partial charge on any atom is -0.345 e. The van der Waals surface area contributed by atoms with Crippen LogP contribution in [-0.4, -0.2) is 16.0 Å². The number of nitrogens with zero attached hydrogens (tertiary/aromatic N) is 2. The zero-order chi connectivity index (χ0) is 22.2. The predicted octanol–water partition coefficient (Wildman–Crippen LogP) is 6.43. The number of aromatic nitrogens is 2. The largest absolute Gasteiger partial charge is 0.345 e. The fraction of sp³-hybridized carbons (Fsp3) is 0.148. The van der Waals surface area contributed by atoms with E-state index < -0.39 is 0 Å². The van der Waals surface area contributed by atoms with E-state index in [1.54, 1.807) is 11.3 Å². The molecule has 1 atom stereocenters. The van der Waals surface area contributed by atoms with E-state index in [-0.39, 0.29) is 11.9 Å². The SMILES string of the molecule is O=C(N[C@@H]1CCCc2ccccc21)c1cc(-c2cccs2)nc2onc(-c3ccccc3)c12. The van der Waals surface area contributed by atoms with Crippen molar-refractivity contribution in [3.8, 4) is 21.8 Å². The monoisotopic (exact) mass is 451 g/mol. The molecule has 6 heteroatoms. The smallest absolute Gasteiger partial charge is 0.259 e. The highest BCUT2D eigenvalue weighted by molar-refractivity contribution is 7.13. The first-order valence-corrected chi connectivity index (χ1v) is 11.9. The van der Waals surface area contributed by atoms with E-state index in [4.69, 9.17) is 9.51 Å². The number of pyridine rings is 1. The second kappa shape index (κ2) is 8.30. The van der Waals surface area contributed by atoms with E-state index >= 15 is 0 Å². The Hall–Kier alpha value is -3.77. The van der Waals surface area contributed by atoms with Gasteiger partial charge in [-0.25, -0.2) is 4.98 Å². The molecule has 1 aliphatic rings. The summed E-state index contributed by atoms with van der Waals surface area (Å²) >= 11 is 1.58. The number of fused-ring (bicyclic) bond motifs is 2. The Labute approximate surface area is 195 Å². The lowest BCUT2D eigenvalue weighted by atomic mass is 9.87. The van der Waals surface area contributed by atoms with E-state index in [1.807, 2.05) is 60.0 Å². The summed E-state index contributed by atoms with van der Waals surface area (Å²) in [7, 11) is 0. The van der Waals surface area contributed by atoms with Crippen molar-refractivity contribution in [1.82, 2.24) is 15.5 Å². The van der Waals surface area contributed by atoms with Gasteiger partial charge in [-0.2, -0.15) is 0 Å². The predicted molar refractivity (Wildman–Crippen MR) is 130 cm³/mol. The fourth-order valence-electron chi connectivity index (χ4n) is 4.61. The number of benzene rings is 2. The highest BCUT2D eigenvalue weighted by Gasteiger charge is 2.26. The molecule has 3 heterocycles. The van der Waals surface area contributed by atoms with Gasteiger partial charge < -0.3 is 9.84 Å². The first-order valence-electron chi connectivity index (χ1n) is 11.1. The van der Waals surface area contributed by atoms with E-state index in [1.165, 1.54) is 11.1 Å². The van der Waals surface area contributed by atoms with Gasteiger partial charge in [-0.05, 0) is 47.9 Å². The number of amides is 1. The van der Waals surface area contributed by atoms with Crippen LogP contribution in [0.15, 0.2) is 82.7 Å². The lowest BCUT2D eigenvalue weighted by molar-refractivity contribution is 0.0934. The molecule has 1 aliphatic carbocycles. The summed E-state index contributed by atoms with van der Waals surface area (Å²) in [4.78, 5) is 19.4. The van der Waals surface area contributed by atoms with Crippen molar-refractivity contribution in [3.05, 3.63) is 94.9 Å². The summed E-state index contributed by atoms with van der Waals surface area (Å²) < 4.78 is 5.64. The third kappa shape index (κ3) is 3.62. The quantitative estimate of drug-likeness (QED) is 0.342. The zero-order valence-corrected chi connectivity index (χ0v) is 18.6. The van der Waals surface area contributed by atoms with Crippen LogP contribution < -0.4 is 5.32 Å². The van der Waals surface area contributed by atoms with Crippen LogP contribution >= 0.6 is 11.3 Å². The molecule has 162 valence electrons. The van der Waals surface area contributed by atoms with Gasteiger partial charge in [0.1, 0.15) is 5.69 Å². The van der Waals surface area contributed by atoms with Gasteiger partial charge >= 0.3 is 0 Å². The van der Waals surface area contributed by atoms with Gasteiger partial charge in [0.15, 0.2) is 0 Å². The second-order valence-corrected chi connectivity index (χ2v) is 9.17. The van der Waals surface area contributed by atoms with Crippen molar-refractivity contribution < 1.29 is 9.32 Å². The van der Waals surface area contributed by atoms with Crippen LogP contribution in [0.5, 0.6) is 0 Å². The van der Waals surface area contributed by atoms with Crippen molar-refractivity contribution in [2.75, 3.05) is 0 Å². The first-order chi connectivity index (χ1) is 16.3. The van der Waals surface area contributed by atoms with Crippen molar-refractivity contribution >= 4 is 28.3 Å². The summed E-state index contributed by atoms with van der Waals surface area (Å²) in [6, 6.07) is 23.9. The molecular weight excluding hydrogens is 430 g/mol. The maximum Gasteiger partial charge on any atom is 0.259 e. The second-order valence-electron chi connectivity index (χ2n) is 8.23. The van der Waals surface area contributed by atoms with Crippen LogP contribution in [-0.2, 0) is 6.42 Å². The van der Waals surface area contributed by atoms with E-state index in [0.29, 0.717) is 28.1 Å². The molecule has 0 bridgehead atoms. The minimum absolute atomic E-state index is 0.0177. The van der Waals surface area contributed by atoms with Crippen LogP contribution in [0.4, 0.5) is 0 Å². The van der Waals surface area contributed by atoms with Gasteiger partial charge in [-0.15, -0.1) is 11.3 Å². The molecule has 1 N–H and O–H groups in total. The Morgan fingerprint density at radius 3 is 2.73 bits per heavy atom. The van der Waals surface area contributed by atoms with Crippen LogP contribution in [0.3, 0.4) is 0 Å². The molecular formula is C27H21N3O2S. The molecule has 0 radical (unpaired) electrons. The molecule has 0 saturated carbocycles. The van der Waals surface area contributed by atoms with Gasteiger partial charge in [0.2, 0.25) is 0 Å². The van der Waals surface area contributed by atoms with Crippen LogP contribution in [0.25, 0.3) is 32.9 Å². The van der Waals surface area contributed by atoms with E-state index in [0.717, 1.165) is 29.7 Å². The lowest BCUT2D eigenvalue weighted by Crippen LogP contribution is -2.31. The number of thiophene rings is 1. The molecule has 3 aromatic heterocycles.